The second-order valence-corrected chi connectivity index (χ2v) is 4.88. The van der Waals surface area contributed by atoms with Crippen LogP contribution < -0.4 is 0 Å². The molecule has 3 atom stereocenters. The zero-order valence-corrected chi connectivity index (χ0v) is 10.3. The third-order valence-electron chi connectivity index (χ3n) is 3.45. The second kappa shape index (κ2) is 6.51. The summed E-state index contributed by atoms with van der Waals surface area (Å²) in [4.78, 5) is 2.44. The van der Waals surface area contributed by atoms with Crippen LogP contribution in [0.1, 0.15) is 39.5 Å². The Morgan fingerprint density at radius 1 is 1.44 bits per heavy atom. The van der Waals surface area contributed by atoms with Gasteiger partial charge in [-0.1, -0.05) is 13.8 Å². The lowest BCUT2D eigenvalue weighted by molar-refractivity contribution is 0.221. The van der Waals surface area contributed by atoms with Gasteiger partial charge < -0.3 is 0 Å². The van der Waals surface area contributed by atoms with Gasteiger partial charge in [0.1, 0.15) is 0 Å². The third kappa shape index (κ3) is 3.51. The number of hydrogen-bond acceptors (Lipinski definition) is 3. The Kier molecular flexibility index (Phi) is 5.29. The van der Waals surface area contributed by atoms with E-state index in [2.05, 4.69) is 30.9 Å². The normalized spacial score (nSPS) is 27.2. The van der Waals surface area contributed by atoms with Gasteiger partial charge in [0.05, 0.1) is 18.1 Å². The molecule has 0 radical (unpaired) electrons. The quantitative estimate of drug-likeness (QED) is 0.714. The van der Waals surface area contributed by atoms with Gasteiger partial charge in [-0.25, -0.2) is 0 Å². The molecule has 3 unspecified atom stereocenters. The van der Waals surface area contributed by atoms with Crippen LogP contribution in [0.3, 0.4) is 0 Å². The van der Waals surface area contributed by atoms with E-state index >= 15 is 0 Å². The molecule has 1 saturated heterocycles. The van der Waals surface area contributed by atoms with Crippen molar-refractivity contribution in [1.82, 2.24) is 4.90 Å². The number of rotatable bonds is 5. The van der Waals surface area contributed by atoms with Crippen molar-refractivity contribution >= 4 is 0 Å². The van der Waals surface area contributed by atoms with E-state index < -0.39 is 0 Å². The van der Waals surface area contributed by atoms with Crippen molar-refractivity contribution in [3.63, 3.8) is 0 Å². The van der Waals surface area contributed by atoms with Crippen molar-refractivity contribution < 1.29 is 0 Å². The molecule has 0 spiro atoms. The molecular weight excluding hydrogens is 198 g/mol. The Balaban J connectivity index is 2.45. The third-order valence-corrected chi connectivity index (χ3v) is 3.45. The molecule has 0 aliphatic carbocycles. The summed E-state index contributed by atoms with van der Waals surface area (Å²) in [6.45, 7) is 6.45. The maximum Gasteiger partial charge on any atom is 0.0669 e. The molecule has 0 aromatic heterocycles. The first kappa shape index (κ1) is 13.0. The molecule has 0 aromatic rings. The predicted octanol–water partition coefficient (Wildman–Crippen LogP) is 2.55. The van der Waals surface area contributed by atoms with Crippen molar-refractivity contribution in [2.45, 2.75) is 45.6 Å². The largest absolute Gasteiger partial charge is 0.299 e. The van der Waals surface area contributed by atoms with Gasteiger partial charge in [-0.2, -0.15) is 10.5 Å². The van der Waals surface area contributed by atoms with Crippen molar-refractivity contribution in [2.24, 2.45) is 11.8 Å². The van der Waals surface area contributed by atoms with Crippen LogP contribution in [0.4, 0.5) is 0 Å². The topological polar surface area (TPSA) is 50.8 Å². The molecule has 3 nitrogen and oxygen atoms in total. The van der Waals surface area contributed by atoms with Gasteiger partial charge >= 0.3 is 0 Å². The lowest BCUT2D eigenvalue weighted by atomic mass is 10.0. The summed E-state index contributed by atoms with van der Waals surface area (Å²) < 4.78 is 0. The minimum Gasteiger partial charge on any atom is -0.299 e. The molecule has 0 N–H and O–H groups in total. The van der Waals surface area contributed by atoms with Gasteiger partial charge in [-0.05, 0) is 25.2 Å². The Bertz CT molecular complexity index is 287. The average Bonchev–Trinajstić information content (AvgIpc) is 2.64. The molecule has 3 heteroatoms. The summed E-state index contributed by atoms with van der Waals surface area (Å²) in [7, 11) is 0. The molecule has 0 bridgehead atoms. The van der Waals surface area contributed by atoms with Crippen LogP contribution in [-0.4, -0.2) is 24.0 Å². The van der Waals surface area contributed by atoms with E-state index in [0.29, 0.717) is 18.9 Å². The second-order valence-electron chi connectivity index (χ2n) is 4.88. The predicted molar refractivity (Wildman–Crippen MR) is 63.4 cm³/mol. The summed E-state index contributed by atoms with van der Waals surface area (Å²) in [6.07, 6.45) is 3.64. The van der Waals surface area contributed by atoms with Gasteiger partial charge in [0.2, 0.25) is 0 Å². The summed E-state index contributed by atoms with van der Waals surface area (Å²) in [6, 6.07) is 5.10. The Hall–Kier alpha value is -1.06. The number of likely N-dealkylation sites (tertiary alicyclic amines) is 1. The number of hydrogen-bond donors (Lipinski definition) is 0. The van der Waals surface area contributed by atoms with E-state index in [1.54, 1.807) is 0 Å². The van der Waals surface area contributed by atoms with Gasteiger partial charge in [0.25, 0.3) is 0 Å². The SMILES string of the molecule is CCC1CC(C)CN1CC(C#N)CCC#N. The van der Waals surface area contributed by atoms with Crippen molar-refractivity contribution in [1.29, 1.82) is 10.5 Å². The fourth-order valence-electron chi connectivity index (χ4n) is 2.60. The maximum absolute atomic E-state index is 9.05. The molecule has 1 fully saturated rings. The van der Waals surface area contributed by atoms with E-state index in [1.165, 1.54) is 12.8 Å². The molecule has 1 aliphatic heterocycles. The highest BCUT2D eigenvalue weighted by Crippen LogP contribution is 2.26. The molecule has 88 valence electrons. The lowest BCUT2D eigenvalue weighted by Gasteiger charge is -2.25. The zero-order chi connectivity index (χ0) is 12.0. The molecular formula is C13H21N3. The highest BCUT2D eigenvalue weighted by molar-refractivity contribution is 4.91. The highest BCUT2D eigenvalue weighted by Gasteiger charge is 2.29. The first-order valence-corrected chi connectivity index (χ1v) is 6.21. The van der Waals surface area contributed by atoms with E-state index in [-0.39, 0.29) is 5.92 Å². The van der Waals surface area contributed by atoms with Crippen molar-refractivity contribution in [3.05, 3.63) is 0 Å². The van der Waals surface area contributed by atoms with Crippen LogP contribution in [0, 0.1) is 34.5 Å². The zero-order valence-electron chi connectivity index (χ0n) is 10.3. The summed E-state index contributed by atoms with van der Waals surface area (Å²) in [5.74, 6) is 0.777. The van der Waals surface area contributed by atoms with Gasteiger partial charge in [-0.3, -0.25) is 4.90 Å². The average molecular weight is 219 g/mol. The van der Waals surface area contributed by atoms with Gasteiger partial charge in [0.15, 0.2) is 0 Å². The van der Waals surface area contributed by atoms with E-state index in [0.717, 1.165) is 19.0 Å². The molecule has 0 saturated carbocycles. The van der Waals surface area contributed by atoms with Crippen LogP contribution in [0.2, 0.25) is 0 Å². The minimum absolute atomic E-state index is 0.0269. The number of nitriles is 2. The Labute approximate surface area is 98.7 Å². The van der Waals surface area contributed by atoms with Crippen molar-refractivity contribution in [2.75, 3.05) is 13.1 Å². The first-order valence-electron chi connectivity index (χ1n) is 6.21. The van der Waals surface area contributed by atoms with Gasteiger partial charge in [0, 0.05) is 25.6 Å². The summed E-state index contributed by atoms with van der Waals surface area (Å²) in [5, 5.41) is 17.6. The fraction of sp³-hybridized carbons (Fsp3) is 0.846. The minimum atomic E-state index is 0.0269. The molecule has 16 heavy (non-hydrogen) atoms. The van der Waals surface area contributed by atoms with E-state index in [1.807, 2.05) is 0 Å². The summed E-state index contributed by atoms with van der Waals surface area (Å²) in [5.41, 5.74) is 0. The number of nitrogens with zero attached hydrogens (tertiary/aromatic N) is 3. The summed E-state index contributed by atoms with van der Waals surface area (Å²) >= 11 is 0. The van der Waals surface area contributed by atoms with Crippen LogP contribution in [0.5, 0.6) is 0 Å². The molecule has 0 amide bonds. The van der Waals surface area contributed by atoms with Gasteiger partial charge in [-0.15, -0.1) is 0 Å². The molecule has 1 aliphatic rings. The standard InChI is InChI=1S/C13H21N3/c1-3-13-7-11(2)9-16(13)10-12(8-15)5-4-6-14/h11-13H,3-5,7,9-10H2,1-2H3. The molecule has 0 aromatic carbocycles. The monoisotopic (exact) mass is 219 g/mol. The Morgan fingerprint density at radius 2 is 2.19 bits per heavy atom. The molecule has 1 heterocycles. The van der Waals surface area contributed by atoms with Crippen LogP contribution >= 0.6 is 0 Å². The van der Waals surface area contributed by atoms with E-state index in [9.17, 15) is 0 Å². The van der Waals surface area contributed by atoms with Crippen LogP contribution in [0.25, 0.3) is 0 Å². The maximum atomic E-state index is 9.05. The smallest absolute Gasteiger partial charge is 0.0669 e. The van der Waals surface area contributed by atoms with Crippen LogP contribution in [-0.2, 0) is 0 Å². The fourth-order valence-corrected chi connectivity index (χ4v) is 2.60. The highest BCUT2D eigenvalue weighted by atomic mass is 15.2. The first-order chi connectivity index (χ1) is 7.71. The van der Waals surface area contributed by atoms with E-state index in [4.69, 9.17) is 10.5 Å². The molecule has 1 rings (SSSR count). The van der Waals surface area contributed by atoms with Crippen molar-refractivity contribution in [3.8, 4) is 12.1 Å². The Morgan fingerprint density at radius 3 is 2.75 bits per heavy atom. The van der Waals surface area contributed by atoms with Crippen LogP contribution in [0.15, 0.2) is 0 Å². The lowest BCUT2D eigenvalue weighted by Crippen LogP contribution is -2.33.